The van der Waals surface area contributed by atoms with Crippen LogP contribution in [-0.2, 0) is 9.53 Å². The van der Waals surface area contributed by atoms with Crippen LogP contribution in [0.5, 0.6) is 0 Å². The van der Waals surface area contributed by atoms with Crippen LogP contribution in [0, 0.1) is 0 Å². The Morgan fingerprint density at radius 3 is 2.44 bits per heavy atom. The molecule has 0 saturated heterocycles. The summed E-state index contributed by atoms with van der Waals surface area (Å²) in [5.74, 6) is -1.04. The Bertz CT molecular complexity index is 257. The van der Waals surface area contributed by atoms with E-state index in [0.717, 1.165) is 0 Å². The van der Waals surface area contributed by atoms with Gasteiger partial charge in [-0.15, -0.1) is 0 Å². The van der Waals surface area contributed by atoms with Crippen LogP contribution < -0.4 is 5.32 Å². The molecule has 0 aromatic carbocycles. The standard InChI is InChI=1S/C10H20N2O4/c1-5-10(2,8(13)14)11-9(15)12(3)6-7-16-4/h5-7H2,1-4H3,(H,11,15)(H,13,14). The maximum atomic E-state index is 11.6. The summed E-state index contributed by atoms with van der Waals surface area (Å²) in [6, 6.07) is -0.413. The Morgan fingerprint density at radius 1 is 1.50 bits per heavy atom. The fourth-order valence-electron chi connectivity index (χ4n) is 0.954. The lowest BCUT2D eigenvalue weighted by molar-refractivity contribution is -0.143. The van der Waals surface area contributed by atoms with E-state index < -0.39 is 17.5 Å². The highest BCUT2D eigenvalue weighted by atomic mass is 16.5. The van der Waals surface area contributed by atoms with E-state index >= 15 is 0 Å². The van der Waals surface area contributed by atoms with Crippen LogP contribution in [0.15, 0.2) is 0 Å². The first kappa shape index (κ1) is 14.7. The van der Waals surface area contributed by atoms with Gasteiger partial charge in [0.05, 0.1) is 6.61 Å². The quantitative estimate of drug-likeness (QED) is 0.700. The van der Waals surface area contributed by atoms with Crippen LogP contribution in [-0.4, -0.2) is 54.9 Å². The lowest BCUT2D eigenvalue weighted by Crippen LogP contribution is -2.55. The van der Waals surface area contributed by atoms with Crippen molar-refractivity contribution in [3.8, 4) is 0 Å². The summed E-state index contributed by atoms with van der Waals surface area (Å²) in [7, 11) is 3.13. The van der Waals surface area contributed by atoms with Crippen molar-refractivity contribution in [2.45, 2.75) is 25.8 Å². The Kier molecular flexibility index (Phi) is 5.81. The van der Waals surface area contributed by atoms with Gasteiger partial charge in [-0.05, 0) is 13.3 Å². The number of carboxylic acids is 1. The largest absolute Gasteiger partial charge is 0.480 e. The molecule has 1 atom stereocenters. The first-order chi connectivity index (χ1) is 7.37. The van der Waals surface area contributed by atoms with Gasteiger partial charge in [0.15, 0.2) is 0 Å². The number of likely N-dealkylation sites (N-methyl/N-ethyl adjacent to an activating group) is 1. The van der Waals surface area contributed by atoms with Crippen molar-refractivity contribution in [3.63, 3.8) is 0 Å². The van der Waals surface area contributed by atoms with Crippen LogP contribution in [0.25, 0.3) is 0 Å². The molecule has 1 unspecified atom stereocenters. The zero-order chi connectivity index (χ0) is 12.8. The van der Waals surface area contributed by atoms with E-state index in [1.54, 1.807) is 21.1 Å². The Morgan fingerprint density at radius 2 is 2.06 bits per heavy atom. The molecule has 6 nitrogen and oxygen atoms in total. The predicted octanol–water partition coefficient (Wildman–Crippen LogP) is 0.527. The summed E-state index contributed by atoms with van der Waals surface area (Å²) in [5, 5.41) is 11.5. The average molecular weight is 232 g/mol. The topological polar surface area (TPSA) is 78.9 Å². The van der Waals surface area contributed by atoms with E-state index in [4.69, 9.17) is 9.84 Å². The third kappa shape index (κ3) is 4.06. The molecule has 16 heavy (non-hydrogen) atoms. The van der Waals surface area contributed by atoms with E-state index in [2.05, 4.69) is 5.32 Å². The molecule has 2 amide bonds. The molecule has 94 valence electrons. The van der Waals surface area contributed by atoms with Crippen molar-refractivity contribution in [3.05, 3.63) is 0 Å². The molecule has 0 aliphatic rings. The van der Waals surface area contributed by atoms with Gasteiger partial charge in [0.2, 0.25) is 0 Å². The molecule has 0 aliphatic carbocycles. The normalized spacial score (nSPS) is 14.0. The van der Waals surface area contributed by atoms with Crippen LogP contribution in [0.2, 0.25) is 0 Å². The van der Waals surface area contributed by atoms with Crippen LogP contribution in [0.4, 0.5) is 4.79 Å². The number of nitrogens with one attached hydrogen (secondary N) is 1. The number of hydrogen-bond acceptors (Lipinski definition) is 3. The maximum absolute atomic E-state index is 11.6. The molecule has 0 fully saturated rings. The number of nitrogens with zero attached hydrogens (tertiary/aromatic N) is 1. The summed E-state index contributed by atoms with van der Waals surface area (Å²) < 4.78 is 4.83. The van der Waals surface area contributed by atoms with Gasteiger partial charge in [-0.3, -0.25) is 0 Å². The van der Waals surface area contributed by atoms with Crippen LogP contribution >= 0.6 is 0 Å². The predicted molar refractivity (Wildman–Crippen MR) is 59.4 cm³/mol. The molecule has 0 heterocycles. The highest BCUT2D eigenvalue weighted by Gasteiger charge is 2.33. The maximum Gasteiger partial charge on any atom is 0.329 e. The number of carbonyl (C=O) groups excluding carboxylic acids is 1. The van der Waals surface area contributed by atoms with Gasteiger partial charge in [-0.1, -0.05) is 6.92 Å². The van der Waals surface area contributed by atoms with Gasteiger partial charge in [0, 0.05) is 20.7 Å². The highest BCUT2D eigenvalue weighted by molar-refractivity contribution is 5.85. The Labute approximate surface area is 95.6 Å². The number of amides is 2. The van der Waals surface area contributed by atoms with Crippen molar-refractivity contribution in [1.82, 2.24) is 10.2 Å². The number of ether oxygens (including phenoxy) is 1. The van der Waals surface area contributed by atoms with Gasteiger partial charge < -0.3 is 20.1 Å². The average Bonchev–Trinajstić information content (AvgIpc) is 2.25. The van der Waals surface area contributed by atoms with E-state index in [1.165, 1.54) is 11.8 Å². The van der Waals surface area contributed by atoms with Gasteiger partial charge in [0.25, 0.3) is 0 Å². The lowest BCUT2D eigenvalue weighted by Gasteiger charge is -2.27. The minimum absolute atomic E-state index is 0.326. The van der Waals surface area contributed by atoms with Gasteiger partial charge in [-0.2, -0.15) is 0 Å². The molecule has 0 radical (unpaired) electrons. The van der Waals surface area contributed by atoms with E-state index in [1.807, 2.05) is 0 Å². The Balaban J connectivity index is 4.36. The molecular weight excluding hydrogens is 212 g/mol. The second-order valence-corrected chi connectivity index (χ2v) is 3.84. The minimum Gasteiger partial charge on any atom is -0.480 e. The summed E-state index contributed by atoms with van der Waals surface area (Å²) in [5.41, 5.74) is -1.22. The lowest BCUT2D eigenvalue weighted by atomic mass is 10.00. The molecule has 0 saturated carbocycles. The monoisotopic (exact) mass is 232 g/mol. The number of carbonyl (C=O) groups is 2. The number of carboxylic acid groups (broad SMARTS) is 1. The second-order valence-electron chi connectivity index (χ2n) is 3.84. The fourth-order valence-corrected chi connectivity index (χ4v) is 0.954. The highest BCUT2D eigenvalue weighted by Crippen LogP contribution is 2.09. The van der Waals surface area contributed by atoms with Crippen molar-refractivity contribution in [1.29, 1.82) is 0 Å². The van der Waals surface area contributed by atoms with Gasteiger partial charge in [-0.25, -0.2) is 9.59 Å². The van der Waals surface area contributed by atoms with Crippen LogP contribution in [0.1, 0.15) is 20.3 Å². The SMILES string of the molecule is CCC(C)(NC(=O)N(C)CCOC)C(=O)O. The third-order valence-electron chi connectivity index (χ3n) is 2.54. The Hall–Kier alpha value is -1.30. The summed E-state index contributed by atoms with van der Waals surface area (Å²) >= 11 is 0. The molecule has 0 aromatic rings. The van der Waals surface area contributed by atoms with Crippen molar-refractivity contribution in [2.75, 3.05) is 27.3 Å². The van der Waals surface area contributed by atoms with Gasteiger partial charge in [0.1, 0.15) is 5.54 Å². The fraction of sp³-hybridized carbons (Fsp3) is 0.800. The molecule has 0 rings (SSSR count). The summed E-state index contributed by atoms with van der Waals surface area (Å²) in [4.78, 5) is 24.0. The summed E-state index contributed by atoms with van der Waals surface area (Å²) in [6.45, 7) is 4.03. The third-order valence-corrected chi connectivity index (χ3v) is 2.54. The molecule has 2 N–H and O–H groups in total. The first-order valence-electron chi connectivity index (χ1n) is 5.13. The van der Waals surface area contributed by atoms with Gasteiger partial charge >= 0.3 is 12.0 Å². The van der Waals surface area contributed by atoms with E-state index in [0.29, 0.717) is 19.6 Å². The van der Waals surface area contributed by atoms with Crippen LogP contribution in [0.3, 0.4) is 0 Å². The van der Waals surface area contributed by atoms with Crippen molar-refractivity contribution < 1.29 is 19.4 Å². The number of methoxy groups -OCH3 is 1. The molecule has 0 aromatic heterocycles. The molecule has 6 heteroatoms. The number of aliphatic carboxylic acids is 1. The zero-order valence-corrected chi connectivity index (χ0v) is 10.2. The molecular formula is C10H20N2O4. The van der Waals surface area contributed by atoms with E-state index in [9.17, 15) is 9.59 Å². The van der Waals surface area contributed by atoms with Crippen molar-refractivity contribution in [2.24, 2.45) is 0 Å². The second kappa shape index (κ2) is 6.32. The van der Waals surface area contributed by atoms with Crippen molar-refractivity contribution >= 4 is 12.0 Å². The smallest absolute Gasteiger partial charge is 0.329 e. The molecule has 0 aliphatic heterocycles. The number of rotatable bonds is 6. The molecule has 0 spiro atoms. The number of hydrogen-bond donors (Lipinski definition) is 2. The van der Waals surface area contributed by atoms with E-state index in [-0.39, 0.29) is 0 Å². The molecule has 0 bridgehead atoms. The first-order valence-corrected chi connectivity index (χ1v) is 5.13. The minimum atomic E-state index is -1.22. The number of urea groups is 1. The summed E-state index contributed by atoms with van der Waals surface area (Å²) in [6.07, 6.45) is 0.326. The zero-order valence-electron chi connectivity index (χ0n) is 10.2.